The first-order chi connectivity index (χ1) is 15.0. The van der Waals surface area contributed by atoms with Gasteiger partial charge in [-0.3, -0.25) is 15.0 Å². The van der Waals surface area contributed by atoms with E-state index in [0.29, 0.717) is 50.6 Å². The molecule has 1 amide bonds. The standard InChI is InChI=1S/C19H20FN5O4S2/c20-15-9-13(24-11-14(10-21-12-30)29-19(24)26)1-2-16(15)22-5-7-23(8-6-22)17-3-4-18(31-17)25(27)28/h1-4,9,12,14H,5-8,10-11H2,(H,21,30)/t14-/m0/s1. The monoisotopic (exact) mass is 465 g/mol. The molecule has 1 aromatic carbocycles. The minimum atomic E-state index is -0.512. The molecule has 2 aliphatic heterocycles. The summed E-state index contributed by atoms with van der Waals surface area (Å²) in [7, 11) is 0. The summed E-state index contributed by atoms with van der Waals surface area (Å²) in [5.41, 5.74) is 2.28. The average Bonchev–Trinajstić information content (AvgIpc) is 3.39. The molecular formula is C19H20FN5O4S2. The topological polar surface area (TPSA) is 91.2 Å². The number of cyclic esters (lactones) is 1. The van der Waals surface area contributed by atoms with Gasteiger partial charge in [0.1, 0.15) is 11.9 Å². The first-order valence-electron chi connectivity index (χ1n) is 9.65. The van der Waals surface area contributed by atoms with Crippen LogP contribution in [0.15, 0.2) is 30.3 Å². The number of amides is 1. The second-order valence-corrected chi connectivity index (χ2v) is 8.40. The molecule has 164 valence electrons. The number of thiocarbonyl (C=S) groups is 1. The van der Waals surface area contributed by atoms with Gasteiger partial charge in [-0.2, -0.15) is 0 Å². The number of nitrogens with zero attached hydrogens (tertiary/aromatic N) is 4. The van der Waals surface area contributed by atoms with Gasteiger partial charge in [0.2, 0.25) is 0 Å². The van der Waals surface area contributed by atoms with Crippen molar-refractivity contribution in [2.75, 3.05) is 54.0 Å². The van der Waals surface area contributed by atoms with Crippen molar-refractivity contribution in [3.63, 3.8) is 0 Å². The van der Waals surface area contributed by atoms with Crippen LogP contribution in [0.2, 0.25) is 0 Å². The number of piperazine rings is 1. The number of benzene rings is 1. The molecule has 0 spiro atoms. The van der Waals surface area contributed by atoms with Crippen LogP contribution >= 0.6 is 23.6 Å². The zero-order chi connectivity index (χ0) is 22.0. The SMILES string of the molecule is O=C1O[C@@H](CNC=S)CN1c1ccc(N2CCN(c3ccc([N+](=O)[O-])s3)CC2)c(F)c1. The zero-order valence-corrected chi connectivity index (χ0v) is 18.0. The van der Waals surface area contributed by atoms with E-state index < -0.39 is 16.8 Å². The average molecular weight is 466 g/mol. The molecule has 0 bridgehead atoms. The smallest absolute Gasteiger partial charge is 0.414 e. The predicted octanol–water partition coefficient (Wildman–Crippen LogP) is 2.99. The predicted molar refractivity (Wildman–Crippen MR) is 121 cm³/mol. The molecule has 2 aromatic rings. The molecule has 3 heterocycles. The zero-order valence-electron chi connectivity index (χ0n) is 16.4. The number of nitrogens with one attached hydrogen (secondary N) is 1. The van der Waals surface area contributed by atoms with Crippen molar-refractivity contribution in [2.45, 2.75) is 6.10 Å². The molecule has 12 heteroatoms. The Kier molecular flexibility index (Phi) is 6.18. The normalized spacial score (nSPS) is 18.8. The Morgan fingerprint density at radius 1 is 1.26 bits per heavy atom. The van der Waals surface area contributed by atoms with Crippen molar-refractivity contribution in [1.29, 1.82) is 0 Å². The fraction of sp³-hybridized carbons (Fsp3) is 0.368. The highest BCUT2D eigenvalue weighted by Crippen LogP contribution is 2.33. The van der Waals surface area contributed by atoms with Crippen molar-refractivity contribution in [3.05, 3.63) is 46.3 Å². The number of carbonyl (C=O) groups excluding carboxylic acids is 1. The Morgan fingerprint density at radius 2 is 2.00 bits per heavy atom. The quantitative estimate of drug-likeness (QED) is 0.379. The van der Waals surface area contributed by atoms with Gasteiger partial charge >= 0.3 is 11.1 Å². The fourth-order valence-electron chi connectivity index (χ4n) is 3.69. The van der Waals surface area contributed by atoms with Gasteiger partial charge in [0.25, 0.3) is 0 Å². The van der Waals surface area contributed by atoms with E-state index in [1.54, 1.807) is 18.2 Å². The van der Waals surface area contributed by atoms with E-state index in [4.69, 9.17) is 17.0 Å². The van der Waals surface area contributed by atoms with E-state index in [9.17, 15) is 19.3 Å². The highest BCUT2D eigenvalue weighted by atomic mass is 32.1. The van der Waals surface area contributed by atoms with E-state index in [-0.39, 0.29) is 11.1 Å². The summed E-state index contributed by atoms with van der Waals surface area (Å²) < 4.78 is 20.2. The molecule has 1 aromatic heterocycles. The maximum absolute atomic E-state index is 14.9. The molecule has 1 N–H and O–H groups in total. The van der Waals surface area contributed by atoms with Gasteiger partial charge in [-0.05, 0) is 35.6 Å². The van der Waals surface area contributed by atoms with Crippen LogP contribution in [0.3, 0.4) is 0 Å². The lowest BCUT2D eigenvalue weighted by Crippen LogP contribution is -2.46. The first kappa shape index (κ1) is 21.2. The van der Waals surface area contributed by atoms with E-state index in [0.717, 1.165) is 16.3 Å². The Balaban J connectivity index is 1.39. The largest absolute Gasteiger partial charge is 0.442 e. The second-order valence-electron chi connectivity index (χ2n) is 7.12. The number of hydrogen-bond acceptors (Lipinski definition) is 8. The minimum absolute atomic E-state index is 0.111. The molecule has 0 aliphatic carbocycles. The van der Waals surface area contributed by atoms with Gasteiger partial charge in [0.05, 0.1) is 39.9 Å². The number of nitro groups is 1. The summed E-state index contributed by atoms with van der Waals surface area (Å²) in [6.07, 6.45) is -0.863. The summed E-state index contributed by atoms with van der Waals surface area (Å²) in [6.45, 7) is 3.15. The van der Waals surface area contributed by atoms with Gasteiger partial charge in [-0.1, -0.05) is 12.2 Å². The third-order valence-corrected chi connectivity index (χ3v) is 6.50. The summed E-state index contributed by atoms with van der Waals surface area (Å²) in [5, 5.41) is 14.7. The van der Waals surface area contributed by atoms with Crippen LogP contribution in [0.25, 0.3) is 0 Å². The second kappa shape index (κ2) is 9.02. The van der Waals surface area contributed by atoms with Gasteiger partial charge < -0.3 is 19.9 Å². The third-order valence-electron chi connectivity index (χ3n) is 5.24. The lowest BCUT2D eigenvalue weighted by molar-refractivity contribution is -0.380. The van der Waals surface area contributed by atoms with Crippen molar-refractivity contribution in [2.24, 2.45) is 0 Å². The van der Waals surface area contributed by atoms with Gasteiger partial charge in [0.15, 0.2) is 0 Å². The van der Waals surface area contributed by atoms with E-state index in [1.165, 1.54) is 22.5 Å². The Labute approximate surface area is 187 Å². The summed E-state index contributed by atoms with van der Waals surface area (Å²) in [5.74, 6) is -0.411. The number of halogens is 1. The molecule has 0 saturated carbocycles. The van der Waals surface area contributed by atoms with E-state index in [2.05, 4.69) is 10.2 Å². The molecule has 31 heavy (non-hydrogen) atoms. The lowest BCUT2D eigenvalue weighted by Gasteiger charge is -2.36. The van der Waals surface area contributed by atoms with Gasteiger partial charge in [-0.15, -0.1) is 0 Å². The van der Waals surface area contributed by atoms with Crippen molar-refractivity contribution in [3.8, 4) is 0 Å². The van der Waals surface area contributed by atoms with Gasteiger partial charge in [-0.25, -0.2) is 9.18 Å². The number of anilines is 3. The molecule has 9 nitrogen and oxygen atoms in total. The van der Waals surface area contributed by atoms with Crippen LogP contribution < -0.4 is 20.0 Å². The highest BCUT2D eigenvalue weighted by molar-refractivity contribution is 7.78. The molecular weight excluding hydrogens is 445 g/mol. The van der Waals surface area contributed by atoms with Crippen LogP contribution in [0.1, 0.15) is 0 Å². The van der Waals surface area contributed by atoms with Crippen molar-refractivity contribution < 1.29 is 18.8 Å². The number of carbonyl (C=O) groups is 1. The first-order valence-corrected chi connectivity index (χ1v) is 10.9. The molecule has 1 atom stereocenters. The van der Waals surface area contributed by atoms with Crippen molar-refractivity contribution in [1.82, 2.24) is 5.32 Å². The molecule has 2 fully saturated rings. The number of ether oxygens (including phenoxy) is 1. The lowest BCUT2D eigenvalue weighted by atomic mass is 10.2. The Hall–Kier alpha value is -2.99. The van der Waals surface area contributed by atoms with Crippen LogP contribution in [0.5, 0.6) is 0 Å². The minimum Gasteiger partial charge on any atom is -0.442 e. The Morgan fingerprint density at radius 3 is 2.65 bits per heavy atom. The molecule has 2 saturated heterocycles. The van der Waals surface area contributed by atoms with E-state index in [1.807, 2.05) is 4.90 Å². The van der Waals surface area contributed by atoms with E-state index >= 15 is 0 Å². The van der Waals surface area contributed by atoms with Crippen LogP contribution in [0.4, 0.5) is 30.6 Å². The maximum atomic E-state index is 14.9. The molecule has 0 unspecified atom stereocenters. The molecule has 4 rings (SSSR count). The molecule has 2 aliphatic rings. The van der Waals surface area contributed by atoms with Crippen LogP contribution in [-0.4, -0.2) is 61.9 Å². The maximum Gasteiger partial charge on any atom is 0.414 e. The number of thiophene rings is 1. The highest BCUT2D eigenvalue weighted by Gasteiger charge is 2.32. The summed E-state index contributed by atoms with van der Waals surface area (Å²) in [4.78, 5) is 28.0. The fourth-order valence-corrected chi connectivity index (χ4v) is 4.66. The number of hydrogen-bond donors (Lipinski definition) is 1. The Bertz CT molecular complexity index is 995. The van der Waals surface area contributed by atoms with Crippen molar-refractivity contribution >= 4 is 56.5 Å². The number of rotatable bonds is 7. The summed E-state index contributed by atoms with van der Waals surface area (Å²) in [6, 6.07) is 7.99. The van der Waals surface area contributed by atoms with Crippen LogP contribution in [0, 0.1) is 15.9 Å². The summed E-state index contributed by atoms with van der Waals surface area (Å²) >= 11 is 5.85. The van der Waals surface area contributed by atoms with Crippen LogP contribution in [-0.2, 0) is 4.74 Å². The third kappa shape index (κ3) is 4.54. The van der Waals surface area contributed by atoms with Gasteiger partial charge in [0, 0.05) is 32.2 Å². The molecule has 0 radical (unpaired) electrons.